The Balaban J connectivity index is 1.73. The van der Waals surface area contributed by atoms with Crippen LogP contribution in [-0.4, -0.2) is 71.9 Å². The molecular formula is C17H22BrN5O4. The lowest BCUT2D eigenvalue weighted by molar-refractivity contribution is 0.0680. The molecule has 0 spiro atoms. The number of aromatic nitrogens is 3. The summed E-state index contributed by atoms with van der Waals surface area (Å²) in [6.45, 7) is 4.48. The number of anilines is 2. The van der Waals surface area contributed by atoms with Gasteiger partial charge in [-0.1, -0.05) is 0 Å². The zero-order chi connectivity index (χ0) is 18.8. The molecule has 1 N–H and O–H groups in total. The molecule has 4 rings (SSSR count). The van der Waals surface area contributed by atoms with Crippen molar-refractivity contribution in [2.45, 2.75) is 12.8 Å². The van der Waals surface area contributed by atoms with E-state index in [-0.39, 0.29) is 5.92 Å². The van der Waals surface area contributed by atoms with Crippen LogP contribution in [0.2, 0.25) is 0 Å². The van der Waals surface area contributed by atoms with E-state index in [2.05, 4.69) is 25.9 Å². The Morgan fingerprint density at radius 3 is 2.67 bits per heavy atom. The SMILES string of the molecule is O=C(O)N(CC1CCOCC1)c1cc(N2CCOCC2)nc2c(Br)cnn12. The maximum Gasteiger partial charge on any atom is 0.413 e. The standard InChI is InChI=1S/C17H22BrN5O4/c18-13-10-19-23-15(22(17(24)25)11-12-1-5-26-6-2-12)9-14(20-16(13)23)21-3-7-27-8-4-21/h9-10,12H,1-8,11H2,(H,24,25). The number of amides is 1. The highest BCUT2D eigenvalue weighted by Gasteiger charge is 2.26. The molecule has 2 saturated heterocycles. The van der Waals surface area contributed by atoms with Gasteiger partial charge in [0.15, 0.2) is 5.65 Å². The van der Waals surface area contributed by atoms with Crippen molar-refractivity contribution in [1.82, 2.24) is 14.6 Å². The highest BCUT2D eigenvalue weighted by atomic mass is 79.9. The van der Waals surface area contributed by atoms with Crippen LogP contribution in [0.4, 0.5) is 16.4 Å². The Bertz CT molecular complexity index is 817. The number of carboxylic acid groups (broad SMARTS) is 1. The van der Waals surface area contributed by atoms with Gasteiger partial charge < -0.3 is 19.5 Å². The molecule has 146 valence electrons. The largest absolute Gasteiger partial charge is 0.465 e. The highest BCUT2D eigenvalue weighted by molar-refractivity contribution is 9.10. The molecular weight excluding hydrogens is 418 g/mol. The zero-order valence-electron chi connectivity index (χ0n) is 14.9. The van der Waals surface area contributed by atoms with Gasteiger partial charge in [0, 0.05) is 38.9 Å². The van der Waals surface area contributed by atoms with Crippen LogP contribution in [0.5, 0.6) is 0 Å². The number of carbonyl (C=O) groups is 1. The lowest BCUT2D eigenvalue weighted by atomic mass is 10.00. The summed E-state index contributed by atoms with van der Waals surface area (Å²) in [4.78, 5) is 20.3. The number of hydrogen-bond acceptors (Lipinski definition) is 6. The van der Waals surface area contributed by atoms with Crippen LogP contribution in [0.15, 0.2) is 16.7 Å². The first-order valence-corrected chi connectivity index (χ1v) is 9.88. The van der Waals surface area contributed by atoms with Gasteiger partial charge in [-0.05, 0) is 34.7 Å². The van der Waals surface area contributed by atoms with Gasteiger partial charge in [-0.2, -0.15) is 9.61 Å². The van der Waals surface area contributed by atoms with Gasteiger partial charge in [-0.15, -0.1) is 0 Å². The molecule has 0 saturated carbocycles. The zero-order valence-corrected chi connectivity index (χ0v) is 16.5. The molecule has 2 aliphatic heterocycles. The lowest BCUT2D eigenvalue weighted by Gasteiger charge is -2.30. The summed E-state index contributed by atoms with van der Waals surface area (Å²) in [5.74, 6) is 1.51. The van der Waals surface area contributed by atoms with Gasteiger partial charge >= 0.3 is 6.09 Å². The first-order chi connectivity index (χ1) is 13.1. The number of hydrogen-bond donors (Lipinski definition) is 1. The molecule has 27 heavy (non-hydrogen) atoms. The molecule has 0 bridgehead atoms. The van der Waals surface area contributed by atoms with Crippen molar-refractivity contribution in [3.63, 3.8) is 0 Å². The van der Waals surface area contributed by atoms with Crippen molar-refractivity contribution in [1.29, 1.82) is 0 Å². The maximum atomic E-state index is 12.1. The van der Waals surface area contributed by atoms with Crippen LogP contribution in [0.1, 0.15) is 12.8 Å². The van der Waals surface area contributed by atoms with Gasteiger partial charge in [0.25, 0.3) is 0 Å². The summed E-state index contributed by atoms with van der Waals surface area (Å²) in [6.07, 6.45) is 2.37. The normalized spacial score (nSPS) is 18.8. The van der Waals surface area contributed by atoms with Gasteiger partial charge in [0.05, 0.1) is 23.9 Å². The molecule has 9 nitrogen and oxygen atoms in total. The summed E-state index contributed by atoms with van der Waals surface area (Å²) >= 11 is 3.47. The van der Waals surface area contributed by atoms with Crippen LogP contribution in [0.3, 0.4) is 0 Å². The summed E-state index contributed by atoms with van der Waals surface area (Å²) in [6, 6.07) is 1.81. The molecule has 2 fully saturated rings. The molecule has 0 aromatic carbocycles. The van der Waals surface area contributed by atoms with Crippen LogP contribution in [0, 0.1) is 5.92 Å². The maximum absolute atomic E-state index is 12.1. The number of ether oxygens (including phenoxy) is 2. The van der Waals surface area contributed by atoms with Crippen LogP contribution < -0.4 is 9.80 Å². The summed E-state index contributed by atoms with van der Waals surface area (Å²) in [5, 5.41) is 14.2. The van der Waals surface area contributed by atoms with E-state index in [4.69, 9.17) is 14.5 Å². The van der Waals surface area contributed by atoms with Gasteiger partial charge in [0.1, 0.15) is 11.6 Å². The van der Waals surface area contributed by atoms with Crippen LogP contribution in [-0.2, 0) is 9.47 Å². The molecule has 1 amide bonds. The average molecular weight is 440 g/mol. The van der Waals surface area contributed by atoms with Crippen LogP contribution in [0.25, 0.3) is 5.65 Å². The number of halogens is 1. The molecule has 2 aliphatic rings. The third kappa shape index (κ3) is 3.87. The minimum atomic E-state index is -0.992. The Morgan fingerprint density at radius 1 is 1.26 bits per heavy atom. The van der Waals surface area contributed by atoms with E-state index in [1.54, 1.807) is 10.7 Å². The molecule has 0 radical (unpaired) electrons. The van der Waals surface area contributed by atoms with E-state index in [0.29, 0.717) is 44.4 Å². The van der Waals surface area contributed by atoms with Crippen molar-refractivity contribution in [2.24, 2.45) is 5.92 Å². The van der Waals surface area contributed by atoms with Crippen molar-refractivity contribution in [3.8, 4) is 0 Å². The Hall–Kier alpha value is -1.91. The summed E-state index contributed by atoms with van der Waals surface area (Å²) in [5.41, 5.74) is 0.604. The van der Waals surface area contributed by atoms with Gasteiger partial charge in [0.2, 0.25) is 0 Å². The third-order valence-electron chi connectivity index (χ3n) is 5.02. The predicted molar refractivity (Wildman–Crippen MR) is 103 cm³/mol. The second-order valence-electron chi connectivity index (χ2n) is 6.75. The van der Waals surface area contributed by atoms with Gasteiger partial charge in [-0.25, -0.2) is 9.78 Å². The van der Waals surface area contributed by atoms with Crippen molar-refractivity contribution in [2.75, 3.05) is 55.9 Å². The Labute approximate surface area is 165 Å². The van der Waals surface area contributed by atoms with E-state index in [1.165, 1.54) is 4.90 Å². The first kappa shape index (κ1) is 18.5. The number of nitrogens with zero attached hydrogens (tertiary/aromatic N) is 5. The van der Waals surface area contributed by atoms with Gasteiger partial charge in [-0.3, -0.25) is 4.90 Å². The van der Waals surface area contributed by atoms with Crippen molar-refractivity contribution >= 4 is 39.3 Å². The molecule has 0 aliphatic carbocycles. The minimum absolute atomic E-state index is 0.268. The topological polar surface area (TPSA) is 92.4 Å². The summed E-state index contributed by atoms with van der Waals surface area (Å²) < 4.78 is 13.1. The highest BCUT2D eigenvalue weighted by Crippen LogP contribution is 2.28. The second kappa shape index (κ2) is 7.99. The Kier molecular flexibility index (Phi) is 5.46. The predicted octanol–water partition coefficient (Wildman–Crippen LogP) is 2.24. The van der Waals surface area contributed by atoms with E-state index in [1.807, 2.05) is 6.07 Å². The third-order valence-corrected chi connectivity index (χ3v) is 5.58. The fourth-order valence-electron chi connectivity index (χ4n) is 3.51. The molecule has 10 heteroatoms. The monoisotopic (exact) mass is 439 g/mol. The molecule has 2 aromatic rings. The summed E-state index contributed by atoms with van der Waals surface area (Å²) in [7, 11) is 0. The van der Waals surface area contributed by atoms with E-state index >= 15 is 0 Å². The van der Waals surface area contributed by atoms with Crippen molar-refractivity contribution < 1.29 is 19.4 Å². The fraction of sp³-hybridized carbons (Fsp3) is 0.588. The Morgan fingerprint density at radius 2 is 1.96 bits per heavy atom. The van der Waals surface area contributed by atoms with E-state index in [0.717, 1.165) is 36.2 Å². The van der Waals surface area contributed by atoms with Crippen LogP contribution >= 0.6 is 15.9 Å². The fourth-order valence-corrected chi connectivity index (χ4v) is 3.86. The van der Waals surface area contributed by atoms with E-state index in [9.17, 15) is 9.90 Å². The quantitative estimate of drug-likeness (QED) is 0.780. The number of fused-ring (bicyclic) bond motifs is 1. The molecule has 4 heterocycles. The number of rotatable bonds is 4. The smallest absolute Gasteiger partial charge is 0.413 e. The second-order valence-corrected chi connectivity index (χ2v) is 7.60. The average Bonchev–Trinajstić information content (AvgIpc) is 3.08. The first-order valence-electron chi connectivity index (χ1n) is 9.08. The molecule has 0 atom stereocenters. The minimum Gasteiger partial charge on any atom is -0.465 e. The van der Waals surface area contributed by atoms with Crippen molar-refractivity contribution in [3.05, 3.63) is 16.7 Å². The lowest BCUT2D eigenvalue weighted by Crippen LogP contribution is -2.39. The molecule has 2 aromatic heterocycles. The molecule has 0 unspecified atom stereocenters. The van der Waals surface area contributed by atoms with E-state index < -0.39 is 6.09 Å². The number of morpholine rings is 1.